The minimum absolute atomic E-state index is 0.0917. The molecule has 0 bridgehead atoms. The number of hydrogen-bond acceptors (Lipinski definition) is 5. The van der Waals surface area contributed by atoms with Crippen molar-refractivity contribution >= 4 is 45.9 Å². The van der Waals surface area contributed by atoms with Gasteiger partial charge in [0.05, 0.1) is 17.1 Å². The van der Waals surface area contributed by atoms with Crippen LogP contribution in [0.2, 0.25) is 0 Å². The van der Waals surface area contributed by atoms with Crippen LogP contribution in [-0.2, 0) is 4.79 Å². The zero-order chi connectivity index (χ0) is 18.7. The molecule has 3 rings (SSSR count). The molecule has 0 aliphatic rings. The van der Waals surface area contributed by atoms with E-state index in [2.05, 4.69) is 62.5 Å². The van der Waals surface area contributed by atoms with Crippen molar-refractivity contribution in [2.24, 2.45) is 0 Å². The van der Waals surface area contributed by atoms with E-state index in [1.54, 1.807) is 4.68 Å². The number of aromatic nitrogens is 4. The number of benzene rings is 2. The summed E-state index contributed by atoms with van der Waals surface area (Å²) in [7, 11) is 0. The van der Waals surface area contributed by atoms with Crippen molar-refractivity contribution in [1.29, 1.82) is 0 Å². The molecular formula is C18H18IN5OS. The van der Waals surface area contributed by atoms with Gasteiger partial charge in [0.25, 0.3) is 0 Å². The van der Waals surface area contributed by atoms with Crippen LogP contribution in [-0.4, -0.2) is 31.9 Å². The van der Waals surface area contributed by atoms with Crippen LogP contribution in [0, 0.1) is 24.3 Å². The number of amides is 1. The number of carbonyl (C=O) groups is 1. The molecule has 0 aliphatic heterocycles. The van der Waals surface area contributed by atoms with Crippen molar-refractivity contribution < 1.29 is 4.79 Å². The van der Waals surface area contributed by atoms with E-state index in [-0.39, 0.29) is 11.7 Å². The topological polar surface area (TPSA) is 72.7 Å². The molecule has 26 heavy (non-hydrogen) atoms. The minimum atomic E-state index is -0.0917. The van der Waals surface area contributed by atoms with Gasteiger partial charge in [-0.05, 0) is 77.0 Å². The maximum absolute atomic E-state index is 12.3. The van der Waals surface area contributed by atoms with Crippen LogP contribution in [0.25, 0.3) is 5.69 Å². The summed E-state index contributed by atoms with van der Waals surface area (Å²) < 4.78 is 2.70. The molecule has 0 aliphatic carbocycles. The number of aryl methyl sites for hydroxylation is 3. The van der Waals surface area contributed by atoms with Crippen molar-refractivity contribution in [2.45, 2.75) is 25.9 Å². The highest BCUT2D eigenvalue weighted by atomic mass is 127. The number of thioether (sulfide) groups is 1. The van der Waals surface area contributed by atoms with Crippen molar-refractivity contribution in [3.05, 3.63) is 56.7 Å². The summed E-state index contributed by atoms with van der Waals surface area (Å²) in [5, 5.41) is 15.5. The number of tetrazole rings is 1. The second kappa shape index (κ2) is 8.17. The average molecular weight is 479 g/mol. The minimum Gasteiger partial charge on any atom is -0.324 e. The molecule has 1 aromatic heterocycles. The first-order chi connectivity index (χ1) is 12.5. The molecule has 1 amide bonds. The van der Waals surface area contributed by atoms with Crippen molar-refractivity contribution in [1.82, 2.24) is 20.2 Å². The number of hydrogen-bond donors (Lipinski definition) is 1. The van der Waals surface area contributed by atoms with Crippen LogP contribution < -0.4 is 5.32 Å². The molecule has 134 valence electrons. The molecule has 1 heterocycles. The number of halogens is 1. The average Bonchev–Trinajstić information content (AvgIpc) is 3.02. The van der Waals surface area contributed by atoms with Gasteiger partial charge in [-0.2, -0.15) is 4.68 Å². The second-order valence-corrected chi connectivity index (χ2v) is 8.04. The highest BCUT2D eigenvalue weighted by Crippen LogP contribution is 2.25. The smallest absolute Gasteiger partial charge is 0.234 e. The fourth-order valence-corrected chi connectivity index (χ4v) is 3.99. The number of nitrogens with one attached hydrogen (secondary N) is 1. The van der Waals surface area contributed by atoms with E-state index in [0.29, 0.717) is 5.16 Å². The van der Waals surface area contributed by atoms with E-state index in [4.69, 9.17) is 0 Å². The SMILES string of the molecule is Cc1cc(C)c(-n2nnnc2SCC(=O)Nc2ccccc2I)c(C)c1. The first-order valence-corrected chi connectivity index (χ1v) is 10.1. The van der Waals surface area contributed by atoms with E-state index in [9.17, 15) is 4.79 Å². The number of carbonyl (C=O) groups excluding carboxylic acids is 1. The Hall–Kier alpha value is -1.94. The Bertz CT molecular complexity index is 933. The summed E-state index contributed by atoms with van der Waals surface area (Å²) in [5.41, 5.74) is 5.16. The number of anilines is 1. The molecule has 0 unspecified atom stereocenters. The van der Waals surface area contributed by atoms with Gasteiger partial charge in [-0.15, -0.1) is 5.10 Å². The van der Waals surface area contributed by atoms with Crippen LogP contribution >= 0.6 is 34.4 Å². The molecule has 0 saturated heterocycles. The lowest BCUT2D eigenvalue weighted by Crippen LogP contribution is -2.15. The molecule has 1 N–H and O–H groups in total. The van der Waals surface area contributed by atoms with Gasteiger partial charge in [-0.25, -0.2) is 0 Å². The van der Waals surface area contributed by atoms with E-state index in [1.807, 2.05) is 38.1 Å². The maximum atomic E-state index is 12.3. The molecule has 2 aromatic carbocycles. The molecular weight excluding hydrogens is 461 g/mol. The highest BCUT2D eigenvalue weighted by molar-refractivity contribution is 14.1. The molecule has 0 fully saturated rings. The Morgan fingerprint density at radius 3 is 2.58 bits per heavy atom. The Morgan fingerprint density at radius 2 is 1.88 bits per heavy atom. The van der Waals surface area contributed by atoms with Crippen molar-refractivity contribution in [3.63, 3.8) is 0 Å². The molecule has 6 nitrogen and oxygen atoms in total. The lowest BCUT2D eigenvalue weighted by molar-refractivity contribution is -0.113. The number of nitrogens with zero attached hydrogens (tertiary/aromatic N) is 4. The zero-order valence-corrected chi connectivity index (χ0v) is 17.6. The van der Waals surface area contributed by atoms with Crippen LogP contribution in [0.15, 0.2) is 41.6 Å². The number of rotatable bonds is 5. The first kappa shape index (κ1) is 18.8. The fraction of sp³-hybridized carbons (Fsp3) is 0.222. The molecule has 0 radical (unpaired) electrons. The summed E-state index contributed by atoms with van der Waals surface area (Å²) in [5.74, 6) is 0.140. The van der Waals surface area contributed by atoms with Gasteiger partial charge in [0.15, 0.2) is 0 Å². The standard InChI is InChI=1S/C18H18IN5OS/c1-11-8-12(2)17(13(3)9-11)24-18(21-22-23-24)26-10-16(25)20-15-7-5-4-6-14(15)19/h4-9H,10H2,1-3H3,(H,20,25). The van der Waals surface area contributed by atoms with Gasteiger partial charge in [-0.3, -0.25) is 4.79 Å². The van der Waals surface area contributed by atoms with Crippen LogP contribution in [0.3, 0.4) is 0 Å². The lowest BCUT2D eigenvalue weighted by Gasteiger charge is -2.12. The fourth-order valence-electron chi connectivity index (χ4n) is 2.79. The summed E-state index contributed by atoms with van der Waals surface area (Å²) in [4.78, 5) is 12.3. The third kappa shape index (κ3) is 4.24. The van der Waals surface area contributed by atoms with Crippen LogP contribution in [0.1, 0.15) is 16.7 Å². The first-order valence-electron chi connectivity index (χ1n) is 7.99. The summed E-state index contributed by atoms with van der Waals surface area (Å²) >= 11 is 3.51. The van der Waals surface area contributed by atoms with Gasteiger partial charge in [0.1, 0.15) is 0 Å². The maximum Gasteiger partial charge on any atom is 0.234 e. The van der Waals surface area contributed by atoms with Crippen molar-refractivity contribution in [2.75, 3.05) is 11.1 Å². The third-order valence-electron chi connectivity index (χ3n) is 3.77. The lowest BCUT2D eigenvalue weighted by atomic mass is 10.1. The third-order valence-corrected chi connectivity index (χ3v) is 5.63. The Kier molecular flexibility index (Phi) is 5.92. The predicted molar refractivity (Wildman–Crippen MR) is 112 cm³/mol. The Balaban J connectivity index is 1.74. The van der Waals surface area contributed by atoms with Crippen LogP contribution in [0.5, 0.6) is 0 Å². The van der Waals surface area contributed by atoms with E-state index >= 15 is 0 Å². The monoisotopic (exact) mass is 479 g/mol. The quantitative estimate of drug-likeness (QED) is 0.444. The van der Waals surface area contributed by atoms with E-state index < -0.39 is 0 Å². The normalized spacial score (nSPS) is 10.8. The number of para-hydroxylation sites is 1. The van der Waals surface area contributed by atoms with Gasteiger partial charge >= 0.3 is 0 Å². The van der Waals surface area contributed by atoms with Gasteiger partial charge in [0.2, 0.25) is 11.1 Å². The highest BCUT2D eigenvalue weighted by Gasteiger charge is 2.15. The largest absolute Gasteiger partial charge is 0.324 e. The molecule has 0 atom stereocenters. The Labute approximate surface area is 169 Å². The van der Waals surface area contributed by atoms with Gasteiger partial charge < -0.3 is 5.32 Å². The van der Waals surface area contributed by atoms with Gasteiger partial charge in [-0.1, -0.05) is 41.6 Å². The molecule has 8 heteroatoms. The molecule has 3 aromatic rings. The van der Waals surface area contributed by atoms with E-state index in [0.717, 1.165) is 26.1 Å². The molecule has 0 spiro atoms. The van der Waals surface area contributed by atoms with Crippen LogP contribution in [0.4, 0.5) is 5.69 Å². The molecule has 0 saturated carbocycles. The van der Waals surface area contributed by atoms with E-state index in [1.165, 1.54) is 17.3 Å². The summed E-state index contributed by atoms with van der Waals surface area (Å²) in [6, 6.07) is 11.9. The summed E-state index contributed by atoms with van der Waals surface area (Å²) in [6.07, 6.45) is 0. The zero-order valence-electron chi connectivity index (χ0n) is 14.7. The second-order valence-electron chi connectivity index (χ2n) is 5.94. The predicted octanol–water partition coefficient (Wildman–Crippen LogP) is 3.92. The van der Waals surface area contributed by atoms with Crippen molar-refractivity contribution in [3.8, 4) is 5.69 Å². The summed E-state index contributed by atoms with van der Waals surface area (Å²) in [6.45, 7) is 6.14. The Morgan fingerprint density at radius 1 is 1.19 bits per heavy atom. The van der Waals surface area contributed by atoms with Gasteiger partial charge in [0, 0.05) is 3.57 Å².